The van der Waals surface area contributed by atoms with Gasteiger partial charge < -0.3 is 9.73 Å². The third kappa shape index (κ3) is 2.64. The highest BCUT2D eigenvalue weighted by atomic mass is 16.3. The monoisotopic (exact) mass is 222 g/mol. The third-order valence-corrected chi connectivity index (χ3v) is 2.87. The Balaban J connectivity index is 1.84. The number of carbonyl (C=O) groups is 1. The molecule has 0 aliphatic carbocycles. The number of amides is 1. The van der Waals surface area contributed by atoms with Gasteiger partial charge in [-0.2, -0.15) is 0 Å². The van der Waals surface area contributed by atoms with Gasteiger partial charge in [-0.1, -0.05) is 6.92 Å². The van der Waals surface area contributed by atoms with E-state index in [-0.39, 0.29) is 11.9 Å². The standard InChI is InChI=1S/C12H18N2O2/c1-2-9-5-6-10(16-9)8-14-11-4-3-7-13-12(11)15/h5-6,11,14H,2-4,7-8H2,1H3,(H,13,15). The van der Waals surface area contributed by atoms with Crippen molar-refractivity contribution in [3.63, 3.8) is 0 Å². The van der Waals surface area contributed by atoms with E-state index < -0.39 is 0 Å². The molecule has 2 heterocycles. The maximum Gasteiger partial charge on any atom is 0.237 e. The van der Waals surface area contributed by atoms with Crippen LogP contribution in [-0.2, 0) is 17.8 Å². The maximum absolute atomic E-state index is 11.5. The summed E-state index contributed by atoms with van der Waals surface area (Å²) in [5, 5.41) is 6.07. The van der Waals surface area contributed by atoms with Crippen molar-refractivity contribution in [1.82, 2.24) is 10.6 Å². The zero-order chi connectivity index (χ0) is 11.4. The van der Waals surface area contributed by atoms with E-state index in [0.717, 1.165) is 37.3 Å². The molecular weight excluding hydrogens is 204 g/mol. The molecule has 1 aromatic heterocycles. The van der Waals surface area contributed by atoms with E-state index in [2.05, 4.69) is 17.6 Å². The highest BCUT2D eigenvalue weighted by molar-refractivity contribution is 5.82. The third-order valence-electron chi connectivity index (χ3n) is 2.87. The van der Waals surface area contributed by atoms with Crippen LogP contribution in [0.3, 0.4) is 0 Å². The van der Waals surface area contributed by atoms with Crippen LogP contribution in [0.15, 0.2) is 16.5 Å². The molecule has 1 aliphatic heterocycles. The van der Waals surface area contributed by atoms with Crippen molar-refractivity contribution in [2.45, 2.75) is 38.8 Å². The first-order chi connectivity index (χ1) is 7.79. The molecule has 1 atom stereocenters. The number of nitrogens with one attached hydrogen (secondary N) is 2. The molecule has 4 nitrogen and oxygen atoms in total. The minimum Gasteiger partial charge on any atom is -0.465 e. The van der Waals surface area contributed by atoms with Gasteiger partial charge >= 0.3 is 0 Å². The summed E-state index contributed by atoms with van der Waals surface area (Å²) >= 11 is 0. The van der Waals surface area contributed by atoms with Gasteiger partial charge in [-0.3, -0.25) is 10.1 Å². The maximum atomic E-state index is 11.5. The summed E-state index contributed by atoms with van der Waals surface area (Å²) in [5.74, 6) is 1.99. The molecule has 0 saturated carbocycles. The molecule has 1 saturated heterocycles. The second-order valence-electron chi connectivity index (χ2n) is 4.09. The Bertz CT molecular complexity index is 360. The number of hydrogen-bond donors (Lipinski definition) is 2. The summed E-state index contributed by atoms with van der Waals surface area (Å²) in [7, 11) is 0. The van der Waals surface area contributed by atoms with Gasteiger partial charge in [0.1, 0.15) is 11.5 Å². The van der Waals surface area contributed by atoms with Crippen LogP contribution >= 0.6 is 0 Å². The first kappa shape index (κ1) is 11.2. The molecule has 2 rings (SSSR count). The van der Waals surface area contributed by atoms with Crippen molar-refractivity contribution in [3.05, 3.63) is 23.7 Å². The van der Waals surface area contributed by atoms with Gasteiger partial charge in [0.25, 0.3) is 0 Å². The summed E-state index contributed by atoms with van der Waals surface area (Å²) in [6.45, 7) is 3.49. The summed E-state index contributed by atoms with van der Waals surface area (Å²) in [5.41, 5.74) is 0. The molecular formula is C12H18N2O2. The van der Waals surface area contributed by atoms with Crippen molar-refractivity contribution < 1.29 is 9.21 Å². The van der Waals surface area contributed by atoms with Crippen molar-refractivity contribution >= 4 is 5.91 Å². The Morgan fingerprint density at radius 1 is 1.50 bits per heavy atom. The lowest BCUT2D eigenvalue weighted by Gasteiger charge is -2.22. The van der Waals surface area contributed by atoms with E-state index in [1.54, 1.807) is 0 Å². The molecule has 16 heavy (non-hydrogen) atoms. The molecule has 88 valence electrons. The van der Waals surface area contributed by atoms with Gasteiger partial charge in [-0.05, 0) is 25.0 Å². The predicted molar refractivity (Wildman–Crippen MR) is 61.0 cm³/mol. The van der Waals surface area contributed by atoms with E-state index in [0.29, 0.717) is 6.54 Å². The summed E-state index contributed by atoms with van der Waals surface area (Å²) in [6, 6.07) is 3.88. The molecule has 2 N–H and O–H groups in total. The lowest BCUT2D eigenvalue weighted by Crippen LogP contribution is -2.47. The number of hydrogen-bond acceptors (Lipinski definition) is 3. The number of furan rings is 1. The first-order valence-corrected chi connectivity index (χ1v) is 5.88. The zero-order valence-corrected chi connectivity index (χ0v) is 9.58. The molecule has 0 radical (unpaired) electrons. The number of carbonyl (C=O) groups excluding carboxylic acids is 1. The molecule has 1 amide bonds. The first-order valence-electron chi connectivity index (χ1n) is 5.88. The van der Waals surface area contributed by atoms with Crippen LogP contribution in [0.4, 0.5) is 0 Å². The summed E-state index contributed by atoms with van der Waals surface area (Å²) < 4.78 is 5.56. The Morgan fingerprint density at radius 2 is 2.31 bits per heavy atom. The topological polar surface area (TPSA) is 54.3 Å². The normalized spacial score (nSPS) is 20.8. The average Bonchev–Trinajstić information content (AvgIpc) is 2.76. The van der Waals surface area contributed by atoms with Gasteiger partial charge in [0.15, 0.2) is 0 Å². The number of rotatable bonds is 4. The lowest BCUT2D eigenvalue weighted by atomic mass is 10.1. The quantitative estimate of drug-likeness (QED) is 0.805. The second kappa shape index (κ2) is 5.16. The molecule has 1 aliphatic rings. The molecule has 1 unspecified atom stereocenters. The molecule has 0 spiro atoms. The van der Waals surface area contributed by atoms with Crippen molar-refractivity contribution in [1.29, 1.82) is 0 Å². The van der Waals surface area contributed by atoms with Crippen LogP contribution in [0.2, 0.25) is 0 Å². The fourth-order valence-electron chi connectivity index (χ4n) is 1.90. The van der Waals surface area contributed by atoms with E-state index in [9.17, 15) is 4.79 Å². The number of aryl methyl sites for hydroxylation is 1. The lowest BCUT2D eigenvalue weighted by molar-refractivity contribution is -0.124. The molecule has 0 bridgehead atoms. The van der Waals surface area contributed by atoms with Gasteiger partial charge in [-0.15, -0.1) is 0 Å². The molecule has 1 aromatic rings. The van der Waals surface area contributed by atoms with Crippen LogP contribution in [0.5, 0.6) is 0 Å². The van der Waals surface area contributed by atoms with Crippen LogP contribution in [0, 0.1) is 0 Å². The van der Waals surface area contributed by atoms with Gasteiger partial charge in [0.05, 0.1) is 12.6 Å². The van der Waals surface area contributed by atoms with E-state index >= 15 is 0 Å². The van der Waals surface area contributed by atoms with Gasteiger partial charge in [-0.25, -0.2) is 0 Å². The highest BCUT2D eigenvalue weighted by Crippen LogP contribution is 2.09. The fourth-order valence-corrected chi connectivity index (χ4v) is 1.90. The molecule has 0 aromatic carbocycles. The van der Waals surface area contributed by atoms with Crippen molar-refractivity contribution in [2.75, 3.05) is 6.54 Å². The second-order valence-corrected chi connectivity index (χ2v) is 4.09. The Kier molecular flexibility index (Phi) is 3.62. The molecule has 1 fully saturated rings. The summed E-state index contributed by atoms with van der Waals surface area (Å²) in [6.07, 6.45) is 2.86. The number of piperidine rings is 1. The van der Waals surface area contributed by atoms with Crippen LogP contribution in [0.1, 0.15) is 31.3 Å². The SMILES string of the molecule is CCc1ccc(CNC2CCCNC2=O)o1. The average molecular weight is 222 g/mol. The van der Waals surface area contributed by atoms with Crippen LogP contribution < -0.4 is 10.6 Å². The van der Waals surface area contributed by atoms with E-state index in [4.69, 9.17) is 4.42 Å². The fraction of sp³-hybridized carbons (Fsp3) is 0.583. The zero-order valence-electron chi connectivity index (χ0n) is 9.58. The van der Waals surface area contributed by atoms with E-state index in [1.807, 2.05) is 12.1 Å². The van der Waals surface area contributed by atoms with Crippen LogP contribution in [-0.4, -0.2) is 18.5 Å². The molecule has 4 heteroatoms. The van der Waals surface area contributed by atoms with E-state index in [1.165, 1.54) is 0 Å². The smallest absolute Gasteiger partial charge is 0.237 e. The Morgan fingerprint density at radius 3 is 3.00 bits per heavy atom. The predicted octanol–water partition coefficient (Wildman–Crippen LogP) is 1.21. The Labute approximate surface area is 95.4 Å². The van der Waals surface area contributed by atoms with Gasteiger partial charge in [0.2, 0.25) is 5.91 Å². The minimum atomic E-state index is -0.0658. The van der Waals surface area contributed by atoms with Crippen LogP contribution in [0.25, 0.3) is 0 Å². The van der Waals surface area contributed by atoms with Gasteiger partial charge in [0, 0.05) is 13.0 Å². The van der Waals surface area contributed by atoms with Crippen molar-refractivity contribution in [3.8, 4) is 0 Å². The summed E-state index contributed by atoms with van der Waals surface area (Å²) in [4.78, 5) is 11.5. The van der Waals surface area contributed by atoms with Crippen molar-refractivity contribution in [2.24, 2.45) is 0 Å². The minimum absolute atomic E-state index is 0.0658. The highest BCUT2D eigenvalue weighted by Gasteiger charge is 2.21. The Hall–Kier alpha value is -1.29. The largest absolute Gasteiger partial charge is 0.465 e.